The Morgan fingerprint density at radius 3 is 2.09 bits per heavy atom. The first kappa shape index (κ1) is 43.9. The number of nitrogens with one attached hydrogen (secondary N) is 4. The summed E-state index contributed by atoms with van der Waals surface area (Å²) >= 11 is 0. The number of piperazine rings is 1. The van der Waals surface area contributed by atoms with E-state index < -0.39 is 41.9 Å². The van der Waals surface area contributed by atoms with Crippen molar-refractivity contribution in [1.29, 1.82) is 0 Å². The number of carboxylic acids is 1. The van der Waals surface area contributed by atoms with E-state index in [0.717, 1.165) is 86.7 Å². The fourth-order valence-corrected chi connectivity index (χ4v) is 8.29. The third-order valence-corrected chi connectivity index (χ3v) is 11.2. The Morgan fingerprint density at radius 1 is 0.839 bits per heavy atom. The van der Waals surface area contributed by atoms with Crippen LogP contribution < -0.4 is 21.3 Å². The fourth-order valence-electron chi connectivity index (χ4n) is 8.29. The van der Waals surface area contributed by atoms with E-state index in [1.54, 1.807) is 0 Å². The maximum atomic E-state index is 13.0. The van der Waals surface area contributed by atoms with Crippen LogP contribution in [0.25, 0.3) is 0 Å². The van der Waals surface area contributed by atoms with Crippen LogP contribution in [0, 0.1) is 17.8 Å². The number of aliphatic carboxylic acids is 1. The number of unbranched alkanes of at least 4 members (excludes halogenated alkanes) is 4. The lowest BCUT2D eigenvalue weighted by Gasteiger charge is -2.32. The van der Waals surface area contributed by atoms with E-state index in [2.05, 4.69) is 34.3 Å². The summed E-state index contributed by atoms with van der Waals surface area (Å²) < 4.78 is 5.98. The largest absolute Gasteiger partial charge is 0.478 e. The number of carbonyl (C=O) groups excluding carboxylic acids is 6. The van der Waals surface area contributed by atoms with Crippen LogP contribution in [0.5, 0.6) is 0 Å². The summed E-state index contributed by atoms with van der Waals surface area (Å²) in [6.07, 6.45) is 14.6. The summed E-state index contributed by atoms with van der Waals surface area (Å²) in [6, 6.07) is 4.47. The lowest BCUT2D eigenvalue weighted by atomic mass is 9.73. The normalized spacial score (nSPS) is 23.5. The van der Waals surface area contributed by atoms with Crippen LogP contribution >= 0.6 is 0 Å². The van der Waals surface area contributed by atoms with Crippen LogP contribution in [-0.4, -0.2) is 89.4 Å². The molecule has 1 aromatic rings. The Bertz CT molecular complexity index is 1610. The predicted molar refractivity (Wildman–Crippen MR) is 207 cm³/mol. The molecule has 1 aromatic carbocycles. The van der Waals surface area contributed by atoms with E-state index in [1.165, 1.54) is 0 Å². The zero-order valence-corrected chi connectivity index (χ0v) is 32.3. The summed E-state index contributed by atoms with van der Waals surface area (Å²) in [5.41, 5.74) is 2.94. The molecule has 14 nitrogen and oxygen atoms in total. The van der Waals surface area contributed by atoms with Gasteiger partial charge in [0.1, 0.15) is 24.5 Å². The number of hydrogen-bond donors (Lipinski definition) is 6. The summed E-state index contributed by atoms with van der Waals surface area (Å²) in [4.78, 5) is 84.4. The Hall–Kier alpha value is -4.85. The molecule has 1 saturated carbocycles. The highest BCUT2D eigenvalue weighted by Gasteiger charge is 2.47. The molecule has 0 aromatic heterocycles. The molecule has 306 valence electrons. The number of benzene rings is 1. The van der Waals surface area contributed by atoms with Gasteiger partial charge in [-0.3, -0.25) is 24.0 Å². The minimum Gasteiger partial charge on any atom is -0.478 e. The molecule has 3 aliphatic rings. The van der Waals surface area contributed by atoms with Gasteiger partial charge < -0.3 is 36.2 Å². The van der Waals surface area contributed by atoms with Crippen molar-refractivity contribution in [3.63, 3.8) is 0 Å². The van der Waals surface area contributed by atoms with Crippen LogP contribution in [0.3, 0.4) is 0 Å². The molecule has 2 unspecified atom stereocenters. The molecule has 4 rings (SSSR count). The molecule has 14 heteroatoms. The molecule has 0 bridgehead atoms. The molecule has 1 saturated heterocycles. The van der Waals surface area contributed by atoms with Crippen LogP contribution in [0.1, 0.15) is 112 Å². The number of carbonyl (C=O) groups is 7. The maximum absolute atomic E-state index is 13.0. The number of esters is 1. The van der Waals surface area contributed by atoms with Crippen molar-refractivity contribution >= 4 is 41.9 Å². The molecule has 2 aliphatic carbocycles. The second kappa shape index (κ2) is 22.6. The average molecular weight is 779 g/mol. The smallest absolute Gasteiger partial charge is 0.331 e. The summed E-state index contributed by atoms with van der Waals surface area (Å²) in [7, 11) is 0. The fraction of sp³-hybridized carbons (Fsp3) is 0.595. The topological polar surface area (TPSA) is 217 Å². The minimum atomic E-state index is -1.22. The van der Waals surface area contributed by atoms with Crippen molar-refractivity contribution in [1.82, 2.24) is 21.3 Å². The van der Waals surface area contributed by atoms with E-state index >= 15 is 0 Å². The number of aliphatic hydroxyl groups excluding tert-OH is 1. The van der Waals surface area contributed by atoms with Crippen molar-refractivity contribution in [2.45, 2.75) is 128 Å². The first-order valence-electron chi connectivity index (χ1n) is 20.2. The van der Waals surface area contributed by atoms with Crippen LogP contribution in [0.15, 0.2) is 42.5 Å². The van der Waals surface area contributed by atoms with Crippen molar-refractivity contribution in [3.8, 4) is 0 Å². The molecular formula is C42H58N4O10. The summed E-state index contributed by atoms with van der Waals surface area (Å²) in [6.45, 7) is 2.75. The van der Waals surface area contributed by atoms with Crippen LogP contribution in [0.4, 0.5) is 0 Å². The lowest BCUT2D eigenvalue weighted by molar-refractivity contribution is -0.145. The SMILES string of the molecule is CCCCC[C@H](O)CC[C@@H]1[C@H]2Cc3cccc(C=O)c3C[C@H]2C[C@H]1OC(=O)/C=C/C(=O)NCCCCC1NC(=O)C(CCCCNC(=O)/C=C/C(=O)O)NC1=O. The van der Waals surface area contributed by atoms with Gasteiger partial charge in [-0.1, -0.05) is 44.4 Å². The van der Waals surface area contributed by atoms with E-state index in [4.69, 9.17) is 9.84 Å². The molecule has 6 N–H and O–H groups in total. The third kappa shape index (κ3) is 13.7. The highest BCUT2D eigenvalue weighted by molar-refractivity contribution is 5.97. The first-order valence-corrected chi connectivity index (χ1v) is 20.2. The highest BCUT2D eigenvalue weighted by Crippen LogP contribution is 2.48. The maximum Gasteiger partial charge on any atom is 0.331 e. The Labute approximate surface area is 328 Å². The zero-order valence-electron chi connectivity index (χ0n) is 32.3. The molecule has 2 fully saturated rings. The van der Waals surface area contributed by atoms with Gasteiger partial charge in [0.25, 0.3) is 0 Å². The molecule has 56 heavy (non-hydrogen) atoms. The molecule has 0 radical (unpaired) electrons. The van der Waals surface area contributed by atoms with E-state index in [-0.39, 0.29) is 35.7 Å². The lowest BCUT2D eigenvalue weighted by Crippen LogP contribution is -2.61. The van der Waals surface area contributed by atoms with E-state index in [0.29, 0.717) is 70.0 Å². The number of rotatable bonds is 23. The van der Waals surface area contributed by atoms with E-state index in [1.807, 2.05) is 12.1 Å². The summed E-state index contributed by atoms with van der Waals surface area (Å²) in [5, 5.41) is 30.0. The van der Waals surface area contributed by atoms with E-state index in [9.17, 15) is 38.7 Å². The van der Waals surface area contributed by atoms with Gasteiger partial charge in [-0.15, -0.1) is 0 Å². The van der Waals surface area contributed by atoms with Gasteiger partial charge in [0.15, 0.2) is 0 Å². The van der Waals surface area contributed by atoms with Crippen molar-refractivity contribution in [3.05, 3.63) is 59.2 Å². The average Bonchev–Trinajstić information content (AvgIpc) is 3.50. The first-order chi connectivity index (χ1) is 27.0. The van der Waals surface area contributed by atoms with Gasteiger partial charge >= 0.3 is 11.9 Å². The van der Waals surface area contributed by atoms with Crippen molar-refractivity contribution in [2.75, 3.05) is 13.1 Å². The van der Waals surface area contributed by atoms with Crippen molar-refractivity contribution < 1.29 is 48.5 Å². The Kier molecular flexibility index (Phi) is 17.7. The second-order valence-corrected chi connectivity index (χ2v) is 15.2. The number of carboxylic acid groups (broad SMARTS) is 1. The van der Waals surface area contributed by atoms with Gasteiger partial charge in [-0.25, -0.2) is 9.59 Å². The van der Waals surface area contributed by atoms with Gasteiger partial charge in [0, 0.05) is 43.0 Å². The van der Waals surface area contributed by atoms with Gasteiger partial charge in [0.2, 0.25) is 23.6 Å². The standard InChI is InChI=1S/C42H58N4O10/c1-2-3-4-12-30(48)15-16-31-33-23-27-10-9-11-28(26-47)32(27)24-29(33)25-36(31)56-40(53)20-18-38(50)44-22-8-6-14-35-42(55)45-34(41(54)46-35)13-5-7-21-43-37(49)17-19-39(51)52/h9-11,17-20,26,29-31,33-36,48H,2-8,12-16,21-25H2,1H3,(H,43,49)(H,44,50)(H,45,55)(H,46,54)(H,51,52)/b19-17+,20-18+/t29-,30-,31+,33-,34?,35?,36+/m0/s1. The molecular weight excluding hydrogens is 720 g/mol. The summed E-state index contributed by atoms with van der Waals surface area (Å²) in [5.74, 6) is -2.78. The highest BCUT2D eigenvalue weighted by atomic mass is 16.5. The third-order valence-electron chi connectivity index (χ3n) is 11.2. The van der Waals surface area contributed by atoms with Crippen LogP contribution in [-0.2, 0) is 46.3 Å². The molecule has 4 amide bonds. The Morgan fingerprint density at radius 2 is 1.48 bits per heavy atom. The van der Waals surface area contributed by atoms with Gasteiger partial charge in [0.05, 0.1) is 6.10 Å². The second-order valence-electron chi connectivity index (χ2n) is 15.2. The van der Waals surface area contributed by atoms with Crippen LogP contribution in [0.2, 0.25) is 0 Å². The number of amides is 4. The number of fused-ring (bicyclic) bond motifs is 2. The zero-order chi connectivity index (χ0) is 40.5. The number of aliphatic hydroxyl groups is 1. The van der Waals surface area contributed by atoms with Gasteiger partial charge in [-0.05, 0) is 106 Å². The Balaban J connectivity index is 1.16. The molecule has 7 atom stereocenters. The van der Waals surface area contributed by atoms with Crippen molar-refractivity contribution in [2.24, 2.45) is 17.8 Å². The predicted octanol–water partition coefficient (Wildman–Crippen LogP) is 3.24. The molecule has 1 aliphatic heterocycles. The number of aldehydes is 1. The molecule has 1 heterocycles. The van der Waals surface area contributed by atoms with Gasteiger partial charge in [-0.2, -0.15) is 0 Å². The number of hydrogen-bond acceptors (Lipinski definition) is 9. The molecule has 0 spiro atoms. The monoisotopic (exact) mass is 778 g/mol. The quantitative estimate of drug-likeness (QED) is 0.0413. The minimum absolute atomic E-state index is 0.0600. The number of ether oxygens (including phenoxy) is 1.